The van der Waals surface area contributed by atoms with E-state index in [9.17, 15) is 9.59 Å². The number of benzene rings is 1. The maximum Gasteiger partial charge on any atom is 0.263 e. The van der Waals surface area contributed by atoms with Crippen molar-refractivity contribution in [3.63, 3.8) is 0 Å². The Kier molecular flexibility index (Phi) is 4.95. The van der Waals surface area contributed by atoms with Gasteiger partial charge >= 0.3 is 0 Å². The lowest BCUT2D eigenvalue weighted by Crippen LogP contribution is -2.37. The molecule has 1 aromatic carbocycles. The lowest BCUT2D eigenvalue weighted by molar-refractivity contribution is 0.0940. The molecule has 26 heavy (non-hydrogen) atoms. The molecule has 0 aliphatic carbocycles. The van der Waals surface area contributed by atoms with Crippen LogP contribution in [-0.2, 0) is 14.1 Å². The topological polar surface area (TPSA) is 59.3 Å². The first-order valence-electron chi connectivity index (χ1n) is 8.54. The van der Waals surface area contributed by atoms with E-state index in [1.165, 1.54) is 9.95 Å². The molecule has 0 fully saturated rings. The van der Waals surface area contributed by atoms with E-state index in [0.29, 0.717) is 6.54 Å². The highest BCUT2D eigenvalue weighted by atomic mass is 16.2. The third-order valence-corrected chi connectivity index (χ3v) is 4.73. The molecule has 6 heteroatoms. The maximum absolute atomic E-state index is 12.5. The van der Waals surface area contributed by atoms with Gasteiger partial charge in [0, 0.05) is 43.9 Å². The van der Waals surface area contributed by atoms with Crippen LogP contribution in [0.2, 0.25) is 0 Å². The molecule has 6 nitrogen and oxygen atoms in total. The van der Waals surface area contributed by atoms with E-state index in [1.807, 2.05) is 33.3 Å². The summed E-state index contributed by atoms with van der Waals surface area (Å²) in [6, 6.07) is 11.5. The van der Waals surface area contributed by atoms with Crippen molar-refractivity contribution in [2.45, 2.75) is 6.04 Å². The highest BCUT2D eigenvalue weighted by Crippen LogP contribution is 2.28. The van der Waals surface area contributed by atoms with Crippen molar-refractivity contribution in [1.82, 2.24) is 19.4 Å². The Morgan fingerprint density at radius 2 is 1.85 bits per heavy atom. The number of likely N-dealkylation sites (N-methyl/N-ethyl adjacent to an activating group) is 1. The van der Waals surface area contributed by atoms with Gasteiger partial charge in [-0.05, 0) is 37.9 Å². The summed E-state index contributed by atoms with van der Waals surface area (Å²) in [7, 11) is 7.63. The molecule has 1 atom stereocenters. The molecule has 0 aliphatic heterocycles. The number of carbonyl (C=O) groups excluding carboxylic acids is 1. The van der Waals surface area contributed by atoms with Crippen LogP contribution in [0, 0.1) is 0 Å². The Balaban J connectivity index is 1.87. The zero-order valence-electron chi connectivity index (χ0n) is 15.6. The van der Waals surface area contributed by atoms with Gasteiger partial charge in [-0.2, -0.15) is 0 Å². The first kappa shape index (κ1) is 17.9. The number of para-hydroxylation sites is 1. The number of aryl methyl sites for hydroxylation is 2. The molecule has 0 unspecified atom stereocenters. The number of aromatic nitrogens is 2. The normalized spacial score (nSPS) is 12.5. The van der Waals surface area contributed by atoms with Gasteiger partial charge < -0.3 is 19.4 Å². The molecular formula is C20H24N4O2. The third-order valence-electron chi connectivity index (χ3n) is 4.73. The van der Waals surface area contributed by atoms with E-state index in [1.54, 1.807) is 25.4 Å². The average Bonchev–Trinajstić information content (AvgIpc) is 2.94. The molecule has 0 spiro atoms. The summed E-state index contributed by atoms with van der Waals surface area (Å²) in [5.74, 6) is -0.349. The molecule has 3 rings (SSSR count). The van der Waals surface area contributed by atoms with Crippen LogP contribution in [0.3, 0.4) is 0 Å². The number of nitrogens with zero attached hydrogens (tertiary/aromatic N) is 3. The Hall–Kier alpha value is -2.86. The minimum atomic E-state index is -0.349. The molecule has 2 aromatic heterocycles. The third kappa shape index (κ3) is 3.28. The maximum atomic E-state index is 12.5. The Morgan fingerprint density at radius 3 is 2.58 bits per heavy atom. The van der Waals surface area contributed by atoms with Gasteiger partial charge in [-0.25, -0.2) is 0 Å². The predicted octanol–water partition coefficient (Wildman–Crippen LogP) is 1.91. The van der Waals surface area contributed by atoms with E-state index in [0.717, 1.165) is 11.1 Å². The molecule has 0 bridgehead atoms. The van der Waals surface area contributed by atoms with Crippen LogP contribution < -0.4 is 10.9 Å². The summed E-state index contributed by atoms with van der Waals surface area (Å²) in [4.78, 5) is 26.7. The van der Waals surface area contributed by atoms with Crippen LogP contribution in [0.15, 0.2) is 53.6 Å². The number of pyridine rings is 1. The minimum Gasteiger partial charge on any atom is -0.350 e. The van der Waals surface area contributed by atoms with Crippen LogP contribution in [0.4, 0.5) is 0 Å². The van der Waals surface area contributed by atoms with Crippen molar-refractivity contribution < 1.29 is 4.79 Å². The van der Waals surface area contributed by atoms with Gasteiger partial charge in [0.2, 0.25) is 0 Å². The van der Waals surface area contributed by atoms with Crippen LogP contribution in [0.5, 0.6) is 0 Å². The lowest BCUT2D eigenvalue weighted by atomic mass is 10.0. The fourth-order valence-electron chi connectivity index (χ4n) is 3.26. The van der Waals surface area contributed by atoms with Crippen LogP contribution in [0.25, 0.3) is 10.9 Å². The second kappa shape index (κ2) is 7.17. The highest BCUT2D eigenvalue weighted by Gasteiger charge is 2.21. The van der Waals surface area contributed by atoms with Crippen LogP contribution >= 0.6 is 0 Å². The van der Waals surface area contributed by atoms with Gasteiger partial charge in [0.05, 0.1) is 6.04 Å². The summed E-state index contributed by atoms with van der Waals surface area (Å²) in [6.07, 6.45) is 3.74. The average molecular weight is 352 g/mol. The molecule has 3 aromatic rings. The molecule has 1 N–H and O–H groups in total. The summed E-state index contributed by atoms with van der Waals surface area (Å²) < 4.78 is 3.50. The van der Waals surface area contributed by atoms with E-state index >= 15 is 0 Å². The monoisotopic (exact) mass is 352 g/mol. The second-order valence-corrected chi connectivity index (χ2v) is 6.74. The largest absolute Gasteiger partial charge is 0.350 e. The molecule has 2 heterocycles. The zero-order valence-corrected chi connectivity index (χ0v) is 15.6. The smallest absolute Gasteiger partial charge is 0.263 e. The van der Waals surface area contributed by atoms with E-state index < -0.39 is 0 Å². The number of fused-ring (bicyclic) bond motifs is 1. The Labute approximate surface area is 152 Å². The van der Waals surface area contributed by atoms with Crippen molar-refractivity contribution in [3.8, 4) is 0 Å². The molecule has 0 saturated heterocycles. The van der Waals surface area contributed by atoms with Gasteiger partial charge in [-0.3, -0.25) is 9.59 Å². The predicted molar refractivity (Wildman–Crippen MR) is 103 cm³/mol. The summed E-state index contributed by atoms with van der Waals surface area (Å²) >= 11 is 0. The SMILES string of the molecule is CN(C)[C@@H](CNC(=O)c1cccn(C)c1=O)c1cn(C)c2ccccc12. The van der Waals surface area contributed by atoms with Crippen molar-refractivity contribution >= 4 is 16.8 Å². The molecule has 0 aliphatic rings. The Morgan fingerprint density at radius 1 is 1.12 bits per heavy atom. The number of nitrogens with one attached hydrogen (secondary N) is 1. The summed E-state index contributed by atoms with van der Waals surface area (Å²) in [6.45, 7) is 0.415. The van der Waals surface area contributed by atoms with Crippen molar-refractivity contribution in [1.29, 1.82) is 0 Å². The number of carbonyl (C=O) groups is 1. The first-order valence-corrected chi connectivity index (χ1v) is 8.54. The number of hydrogen-bond acceptors (Lipinski definition) is 3. The summed E-state index contributed by atoms with van der Waals surface area (Å²) in [5, 5.41) is 4.08. The molecule has 0 saturated carbocycles. The quantitative estimate of drug-likeness (QED) is 0.763. The van der Waals surface area contributed by atoms with Gasteiger partial charge in [-0.15, -0.1) is 0 Å². The Bertz CT molecular complexity index is 1000. The van der Waals surface area contributed by atoms with E-state index in [2.05, 4.69) is 33.1 Å². The minimum absolute atomic E-state index is 0.00221. The van der Waals surface area contributed by atoms with Gasteiger partial charge in [0.15, 0.2) is 0 Å². The zero-order chi connectivity index (χ0) is 18.8. The van der Waals surface area contributed by atoms with Crippen LogP contribution in [0.1, 0.15) is 22.0 Å². The molecule has 0 radical (unpaired) electrons. The molecule has 136 valence electrons. The number of amides is 1. The molecule has 1 amide bonds. The fraction of sp³-hybridized carbons (Fsp3) is 0.300. The lowest BCUT2D eigenvalue weighted by Gasteiger charge is -2.24. The van der Waals surface area contributed by atoms with Crippen molar-refractivity contribution in [2.24, 2.45) is 14.1 Å². The van der Waals surface area contributed by atoms with Crippen LogP contribution in [-0.4, -0.2) is 40.6 Å². The second-order valence-electron chi connectivity index (χ2n) is 6.74. The van der Waals surface area contributed by atoms with E-state index in [-0.39, 0.29) is 23.1 Å². The van der Waals surface area contributed by atoms with E-state index in [4.69, 9.17) is 0 Å². The van der Waals surface area contributed by atoms with Crippen molar-refractivity contribution in [2.75, 3.05) is 20.6 Å². The highest BCUT2D eigenvalue weighted by molar-refractivity contribution is 5.93. The number of hydrogen-bond donors (Lipinski definition) is 1. The fourth-order valence-corrected chi connectivity index (χ4v) is 3.26. The first-order chi connectivity index (χ1) is 12.4. The van der Waals surface area contributed by atoms with Crippen molar-refractivity contribution in [3.05, 3.63) is 70.3 Å². The van der Waals surface area contributed by atoms with Gasteiger partial charge in [0.25, 0.3) is 11.5 Å². The van der Waals surface area contributed by atoms with Gasteiger partial charge in [-0.1, -0.05) is 18.2 Å². The molecular weight excluding hydrogens is 328 g/mol. The number of rotatable bonds is 5. The standard InChI is InChI=1S/C20H24N4O2/c1-22(2)18(16-13-24(4)17-10-6-5-8-14(16)17)12-21-19(25)15-9-7-11-23(3)20(15)26/h5-11,13,18H,12H2,1-4H3,(H,21,25)/t18-/m0/s1. The van der Waals surface area contributed by atoms with Gasteiger partial charge in [0.1, 0.15) is 5.56 Å². The summed E-state index contributed by atoms with van der Waals surface area (Å²) in [5.41, 5.74) is 2.16.